The van der Waals surface area contributed by atoms with Crippen molar-refractivity contribution in [1.82, 2.24) is 0 Å². The number of nitrogens with zero attached hydrogens (tertiary/aromatic N) is 2. The third kappa shape index (κ3) is 5.11. The molecular formula is C27H20N2O5. The summed E-state index contributed by atoms with van der Waals surface area (Å²) in [4.78, 5) is 12.0. The van der Waals surface area contributed by atoms with E-state index in [0.29, 0.717) is 11.3 Å². The Bertz CT molecular complexity index is 1440. The van der Waals surface area contributed by atoms with Crippen molar-refractivity contribution in [1.29, 1.82) is 0 Å². The fourth-order valence-corrected chi connectivity index (χ4v) is 3.13. The lowest BCUT2D eigenvalue weighted by Crippen LogP contribution is -2.00. The number of aromatic hydroxyl groups is 3. The summed E-state index contributed by atoms with van der Waals surface area (Å²) in [6.07, 6.45) is 0. The van der Waals surface area contributed by atoms with E-state index in [0.717, 1.165) is 17.4 Å². The molecule has 7 nitrogen and oxygen atoms in total. The highest BCUT2D eigenvalue weighted by Crippen LogP contribution is 2.40. The molecule has 0 aliphatic carbocycles. The zero-order valence-corrected chi connectivity index (χ0v) is 17.9. The summed E-state index contributed by atoms with van der Waals surface area (Å²) in [5, 5.41) is 36.7. The molecule has 0 atom stereocenters. The van der Waals surface area contributed by atoms with Crippen LogP contribution in [0.5, 0.6) is 17.2 Å². The van der Waals surface area contributed by atoms with Crippen LogP contribution in [-0.4, -0.2) is 15.3 Å². The van der Waals surface area contributed by atoms with Crippen molar-refractivity contribution in [3.63, 3.8) is 0 Å². The molecule has 0 unspecified atom stereocenters. The molecule has 0 spiro atoms. The van der Waals surface area contributed by atoms with Crippen molar-refractivity contribution in [2.45, 2.75) is 0 Å². The molecule has 1 aromatic heterocycles. The third-order valence-corrected chi connectivity index (χ3v) is 4.80. The fraction of sp³-hybridized carbons (Fsp3) is 0. The molecule has 5 rings (SSSR count). The van der Waals surface area contributed by atoms with Crippen molar-refractivity contribution < 1.29 is 19.7 Å². The summed E-state index contributed by atoms with van der Waals surface area (Å²) in [5.41, 5.74) is 1.94. The van der Waals surface area contributed by atoms with Crippen LogP contribution in [0.4, 0.5) is 11.4 Å². The minimum absolute atomic E-state index is 0.00385. The van der Waals surface area contributed by atoms with E-state index in [1.54, 1.807) is 24.3 Å². The van der Waals surface area contributed by atoms with E-state index in [2.05, 4.69) is 10.2 Å². The van der Waals surface area contributed by atoms with Gasteiger partial charge < -0.3 is 19.7 Å². The Kier molecular flexibility index (Phi) is 6.65. The monoisotopic (exact) mass is 452 g/mol. The van der Waals surface area contributed by atoms with Gasteiger partial charge in [-0.05, 0) is 24.3 Å². The molecule has 0 aliphatic heterocycles. The summed E-state index contributed by atoms with van der Waals surface area (Å²) >= 11 is 0. The second kappa shape index (κ2) is 10.1. The lowest BCUT2D eigenvalue weighted by molar-refractivity contribution is 0.370. The molecule has 7 heteroatoms. The van der Waals surface area contributed by atoms with E-state index in [-0.39, 0.29) is 11.0 Å². The average Bonchev–Trinajstić information content (AvgIpc) is 2.88. The first-order chi connectivity index (χ1) is 16.5. The Morgan fingerprint density at radius 3 is 1.65 bits per heavy atom. The molecule has 5 aromatic rings. The molecule has 0 fully saturated rings. The van der Waals surface area contributed by atoms with Crippen LogP contribution in [0, 0.1) is 0 Å². The molecule has 0 saturated carbocycles. The van der Waals surface area contributed by atoms with Crippen LogP contribution in [0.2, 0.25) is 0 Å². The van der Waals surface area contributed by atoms with E-state index in [4.69, 9.17) is 4.42 Å². The van der Waals surface area contributed by atoms with Gasteiger partial charge in [-0.2, -0.15) is 10.2 Å². The molecule has 0 amide bonds. The molecule has 4 aromatic carbocycles. The maximum atomic E-state index is 12.0. The van der Waals surface area contributed by atoms with Gasteiger partial charge in [-0.3, -0.25) is 4.79 Å². The van der Waals surface area contributed by atoms with Gasteiger partial charge in [-0.1, -0.05) is 66.7 Å². The van der Waals surface area contributed by atoms with E-state index < -0.39 is 22.7 Å². The molecule has 0 bridgehead atoms. The average molecular weight is 452 g/mol. The number of phenolic OH excluding ortho intramolecular Hbond substituents is 3. The Hall–Kier alpha value is -4.91. The Labute approximate surface area is 194 Å². The van der Waals surface area contributed by atoms with Gasteiger partial charge in [0.15, 0.2) is 16.9 Å². The van der Waals surface area contributed by atoms with E-state index >= 15 is 0 Å². The molecule has 0 radical (unpaired) electrons. The predicted octanol–water partition coefficient (Wildman–Crippen LogP) is 6.68. The van der Waals surface area contributed by atoms with E-state index in [1.165, 1.54) is 6.07 Å². The largest absolute Gasteiger partial charge is 0.504 e. The number of benzene rings is 4. The normalized spacial score (nSPS) is 10.7. The highest BCUT2D eigenvalue weighted by Gasteiger charge is 2.17. The quantitative estimate of drug-likeness (QED) is 0.209. The third-order valence-electron chi connectivity index (χ3n) is 4.80. The molecule has 3 N–H and O–H groups in total. The van der Waals surface area contributed by atoms with Gasteiger partial charge in [0.25, 0.3) is 0 Å². The zero-order valence-electron chi connectivity index (χ0n) is 17.9. The topological polar surface area (TPSA) is 116 Å². The Morgan fingerprint density at radius 1 is 0.618 bits per heavy atom. The van der Waals surface area contributed by atoms with Crippen molar-refractivity contribution in [3.8, 4) is 28.6 Å². The van der Waals surface area contributed by atoms with Crippen LogP contribution in [0.25, 0.3) is 22.3 Å². The SMILES string of the molecule is O=c1cc(-c2ccccc2)oc2cc(O)c(O)c(O)c12.c1ccc(/N=N/c2ccccc2)cc1. The number of fused-ring (bicyclic) bond motifs is 1. The molecule has 0 saturated heterocycles. The standard InChI is InChI=1S/C15H10O5.C12H10N2/c16-9-6-11(8-4-2-1-3-5-8)20-12-7-10(17)14(18)15(19)13(9)12;1-3-7-11(8-4-1)13-14-12-9-5-2-6-10-12/h1-7,17-19H;1-10H/b;14-13+. The smallest absolute Gasteiger partial charge is 0.201 e. The van der Waals surface area contributed by atoms with Crippen LogP contribution >= 0.6 is 0 Å². The summed E-state index contributed by atoms with van der Waals surface area (Å²) in [6, 6.07) is 30.7. The maximum Gasteiger partial charge on any atom is 0.201 e. The molecular weight excluding hydrogens is 432 g/mol. The summed E-state index contributed by atoms with van der Waals surface area (Å²) in [6.45, 7) is 0. The van der Waals surface area contributed by atoms with E-state index in [9.17, 15) is 20.1 Å². The lowest BCUT2D eigenvalue weighted by Gasteiger charge is -2.06. The summed E-state index contributed by atoms with van der Waals surface area (Å²) in [5.74, 6) is -1.67. The van der Waals surface area contributed by atoms with Crippen LogP contribution in [0.1, 0.15) is 0 Å². The predicted molar refractivity (Wildman–Crippen MR) is 130 cm³/mol. The number of rotatable bonds is 3. The summed E-state index contributed by atoms with van der Waals surface area (Å²) in [7, 11) is 0. The van der Waals surface area contributed by atoms with Gasteiger partial charge in [-0.25, -0.2) is 0 Å². The van der Waals surface area contributed by atoms with Gasteiger partial charge in [0.05, 0.1) is 11.4 Å². The molecule has 1 heterocycles. The number of hydrogen-bond acceptors (Lipinski definition) is 7. The van der Waals surface area contributed by atoms with Gasteiger partial charge in [-0.15, -0.1) is 0 Å². The van der Waals surface area contributed by atoms with Crippen molar-refractivity contribution in [2.75, 3.05) is 0 Å². The minimum Gasteiger partial charge on any atom is -0.504 e. The fourth-order valence-electron chi connectivity index (χ4n) is 3.13. The van der Waals surface area contributed by atoms with Crippen molar-refractivity contribution in [3.05, 3.63) is 113 Å². The van der Waals surface area contributed by atoms with Gasteiger partial charge in [0.1, 0.15) is 16.7 Å². The Balaban J connectivity index is 0.000000172. The van der Waals surface area contributed by atoms with Crippen molar-refractivity contribution in [2.24, 2.45) is 10.2 Å². The summed E-state index contributed by atoms with van der Waals surface area (Å²) < 4.78 is 5.51. The second-order valence-corrected chi connectivity index (χ2v) is 7.18. The minimum atomic E-state index is -0.739. The zero-order chi connectivity index (χ0) is 23.9. The maximum absolute atomic E-state index is 12.0. The highest BCUT2D eigenvalue weighted by molar-refractivity contribution is 5.89. The molecule has 34 heavy (non-hydrogen) atoms. The van der Waals surface area contributed by atoms with Gasteiger partial charge >= 0.3 is 0 Å². The van der Waals surface area contributed by atoms with Crippen LogP contribution in [-0.2, 0) is 0 Å². The Morgan fingerprint density at radius 2 is 1.12 bits per heavy atom. The first kappa shape index (κ1) is 22.3. The van der Waals surface area contributed by atoms with Gasteiger partial charge in [0.2, 0.25) is 5.75 Å². The molecule has 0 aliphatic rings. The highest BCUT2D eigenvalue weighted by atomic mass is 16.3. The first-order valence-electron chi connectivity index (χ1n) is 10.3. The van der Waals surface area contributed by atoms with Crippen LogP contribution in [0.15, 0.2) is 123 Å². The lowest BCUT2D eigenvalue weighted by atomic mass is 10.1. The number of phenols is 3. The first-order valence-corrected chi connectivity index (χ1v) is 10.3. The van der Waals surface area contributed by atoms with Crippen molar-refractivity contribution >= 4 is 22.3 Å². The molecule has 168 valence electrons. The van der Waals surface area contributed by atoms with Crippen LogP contribution < -0.4 is 5.43 Å². The second-order valence-electron chi connectivity index (χ2n) is 7.18. The van der Waals surface area contributed by atoms with E-state index in [1.807, 2.05) is 66.7 Å². The number of hydrogen-bond donors (Lipinski definition) is 3. The number of azo groups is 1. The van der Waals surface area contributed by atoms with Crippen LogP contribution in [0.3, 0.4) is 0 Å². The van der Waals surface area contributed by atoms with Gasteiger partial charge in [0, 0.05) is 17.7 Å².